The van der Waals surface area contributed by atoms with E-state index in [2.05, 4.69) is 11.9 Å². The summed E-state index contributed by atoms with van der Waals surface area (Å²) in [6, 6.07) is 7.43. The molecule has 0 spiro atoms. The minimum absolute atomic E-state index is 0.184. The van der Waals surface area contributed by atoms with Crippen LogP contribution in [-0.2, 0) is 6.54 Å². The van der Waals surface area contributed by atoms with Gasteiger partial charge in [-0.05, 0) is 18.1 Å². The Bertz CT molecular complexity index is 613. The third-order valence-corrected chi connectivity index (χ3v) is 4.32. The molecule has 106 valence electrons. The SMILES string of the molecule is CCCSc1ncc(C(=O)O)n1Cc1ccccc1Cl. The quantitative estimate of drug-likeness (QED) is 0.825. The molecule has 4 nitrogen and oxygen atoms in total. The van der Waals surface area contributed by atoms with Crippen molar-refractivity contribution in [2.24, 2.45) is 0 Å². The first-order valence-electron chi connectivity index (χ1n) is 6.28. The molecule has 1 heterocycles. The highest BCUT2D eigenvalue weighted by Crippen LogP contribution is 2.23. The van der Waals surface area contributed by atoms with Crippen molar-refractivity contribution >= 4 is 29.3 Å². The van der Waals surface area contributed by atoms with Crippen LogP contribution in [0.25, 0.3) is 0 Å². The number of carbonyl (C=O) groups is 1. The molecule has 2 rings (SSSR count). The highest BCUT2D eigenvalue weighted by Gasteiger charge is 2.16. The van der Waals surface area contributed by atoms with E-state index in [0.29, 0.717) is 16.7 Å². The normalized spacial score (nSPS) is 10.7. The van der Waals surface area contributed by atoms with E-state index in [1.165, 1.54) is 6.20 Å². The van der Waals surface area contributed by atoms with Gasteiger partial charge in [-0.15, -0.1) is 0 Å². The van der Waals surface area contributed by atoms with Crippen molar-refractivity contribution in [2.75, 3.05) is 5.75 Å². The molecule has 0 aliphatic carbocycles. The van der Waals surface area contributed by atoms with Crippen LogP contribution in [-0.4, -0.2) is 26.4 Å². The third-order valence-electron chi connectivity index (χ3n) is 2.76. The molecule has 0 bridgehead atoms. The van der Waals surface area contributed by atoms with E-state index in [-0.39, 0.29) is 5.69 Å². The summed E-state index contributed by atoms with van der Waals surface area (Å²) in [5, 5.41) is 10.6. The van der Waals surface area contributed by atoms with E-state index in [9.17, 15) is 9.90 Å². The molecule has 1 aromatic heterocycles. The van der Waals surface area contributed by atoms with Crippen molar-refractivity contribution in [3.8, 4) is 0 Å². The predicted molar refractivity (Wildman–Crippen MR) is 80.8 cm³/mol. The molecule has 1 N–H and O–H groups in total. The summed E-state index contributed by atoms with van der Waals surface area (Å²) >= 11 is 7.70. The van der Waals surface area contributed by atoms with Gasteiger partial charge in [0, 0.05) is 10.8 Å². The Morgan fingerprint density at radius 2 is 2.20 bits per heavy atom. The van der Waals surface area contributed by atoms with E-state index in [4.69, 9.17) is 11.6 Å². The van der Waals surface area contributed by atoms with Gasteiger partial charge in [-0.1, -0.05) is 48.5 Å². The standard InChI is InChI=1S/C14H15ClN2O2S/c1-2-7-20-14-16-8-12(13(18)19)17(14)9-10-5-3-4-6-11(10)15/h3-6,8H,2,7,9H2,1H3,(H,18,19). The monoisotopic (exact) mass is 310 g/mol. The summed E-state index contributed by atoms with van der Waals surface area (Å²) in [5.74, 6) is -0.0774. The molecule has 0 radical (unpaired) electrons. The van der Waals surface area contributed by atoms with Crippen LogP contribution in [0.5, 0.6) is 0 Å². The maximum atomic E-state index is 11.3. The number of nitrogens with zero attached hydrogens (tertiary/aromatic N) is 2. The van der Waals surface area contributed by atoms with Crippen LogP contribution in [0.1, 0.15) is 29.4 Å². The number of rotatable bonds is 6. The minimum atomic E-state index is -0.979. The molecule has 6 heteroatoms. The number of aromatic carboxylic acids is 1. The molecule has 0 aliphatic rings. The van der Waals surface area contributed by atoms with Gasteiger partial charge in [0.2, 0.25) is 0 Å². The fourth-order valence-electron chi connectivity index (χ4n) is 1.79. The molecule has 0 saturated carbocycles. The molecule has 0 fully saturated rings. The second kappa shape index (κ2) is 6.81. The first kappa shape index (κ1) is 14.9. The lowest BCUT2D eigenvalue weighted by Crippen LogP contribution is -2.11. The largest absolute Gasteiger partial charge is 0.477 e. The van der Waals surface area contributed by atoms with E-state index < -0.39 is 5.97 Å². The Morgan fingerprint density at radius 3 is 2.85 bits per heavy atom. The summed E-state index contributed by atoms with van der Waals surface area (Å²) in [4.78, 5) is 15.5. The van der Waals surface area contributed by atoms with Gasteiger partial charge in [0.05, 0.1) is 12.7 Å². The van der Waals surface area contributed by atoms with Crippen molar-refractivity contribution in [1.29, 1.82) is 0 Å². The van der Waals surface area contributed by atoms with E-state index in [1.54, 1.807) is 22.4 Å². The number of aromatic nitrogens is 2. The summed E-state index contributed by atoms with van der Waals surface area (Å²) in [6.45, 7) is 2.49. The van der Waals surface area contributed by atoms with Gasteiger partial charge in [0.25, 0.3) is 0 Å². The number of hydrogen-bond acceptors (Lipinski definition) is 3. The van der Waals surface area contributed by atoms with Gasteiger partial charge in [-0.3, -0.25) is 0 Å². The summed E-state index contributed by atoms with van der Waals surface area (Å²) in [5.41, 5.74) is 1.07. The summed E-state index contributed by atoms with van der Waals surface area (Å²) in [6.07, 6.45) is 2.41. The van der Waals surface area contributed by atoms with E-state index in [0.717, 1.165) is 17.7 Å². The van der Waals surface area contributed by atoms with Crippen LogP contribution in [0.3, 0.4) is 0 Å². The van der Waals surface area contributed by atoms with Crippen molar-refractivity contribution in [2.45, 2.75) is 25.0 Å². The molecular formula is C14H15ClN2O2S. The molecule has 1 aromatic carbocycles. The smallest absolute Gasteiger partial charge is 0.354 e. The topological polar surface area (TPSA) is 55.1 Å². The average molecular weight is 311 g/mol. The number of hydrogen-bond donors (Lipinski definition) is 1. The van der Waals surface area contributed by atoms with Gasteiger partial charge in [-0.2, -0.15) is 0 Å². The number of halogens is 1. The molecule has 20 heavy (non-hydrogen) atoms. The zero-order chi connectivity index (χ0) is 14.5. The maximum Gasteiger partial charge on any atom is 0.354 e. The van der Waals surface area contributed by atoms with Crippen LogP contribution >= 0.6 is 23.4 Å². The molecular weight excluding hydrogens is 296 g/mol. The second-order valence-electron chi connectivity index (χ2n) is 4.26. The Balaban J connectivity index is 2.35. The fraction of sp³-hybridized carbons (Fsp3) is 0.286. The van der Waals surface area contributed by atoms with Crippen LogP contribution in [0.15, 0.2) is 35.6 Å². The Labute approximate surface area is 126 Å². The van der Waals surface area contributed by atoms with Crippen molar-refractivity contribution < 1.29 is 9.90 Å². The van der Waals surface area contributed by atoms with Crippen LogP contribution in [0, 0.1) is 0 Å². The number of thioether (sulfide) groups is 1. The van der Waals surface area contributed by atoms with Crippen molar-refractivity contribution in [3.05, 3.63) is 46.7 Å². The highest BCUT2D eigenvalue weighted by molar-refractivity contribution is 7.99. The van der Waals surface area contributed by atoms with Crippen LogP contribution < -0.4 is 0 Å². The van der Waals surface area contributed by atoms with Gasteiger partial charge in [0.1, 0.15) is 5.69 Å². The zero-order valence-corrected chi connectivity index (χ0v) is 12.6. The van der Waals surface area contributed by atoms with Crippen LogP contribution in [0.2, 0.25) is 5.02 Å². The number of benzene rings is 1. The first-order valence-corrected chi connectivity index (χ1v) is 7.65. The molecule has 0 saturated heterocycles. The first-order chi connectivity index (χ1) is 9.63. The molecule has 2 aromatic rings. The lowest BCUT2D eigenvalue weighted by molar-refractivity contribution is 0.0684. The van der Waals surface area contributed by atoms with Crippen LogP contribution in [0.4, 0.5) is 0 Å². The minimum Gasteiger partial charge on any atom is -0.477 e. The second-order valence-corrected chi connectivity index (χ2v) is 5.73. The summed E-state index contributed by atoms with van der Waals surface area (Å²) < 4.78 is 1.70. The van der Waals surface area contributed by atoms with Gasteiger partial charge in [-0.25, -0.2) is 9.78 Å². The lowest BCUT2D eigenvalue weighted by Gasteiger charge is -2.10. The van der Waals surface area contributed by atoms with Gasteiger partial charge in [0.15, 0.2) is 5.16 Å². The molecule has 0 amide bonds. The Kier molecular flexibility index (Phi) is 5.09. The highest BCUT2D eigenvalue weighted by atomic mass is 35.5. The molecule has 0 atom stereocenters. The predicted octanol–water partition coefficient (Wildman–Crippen LogP) is 3.79. The summed E-state index contributed by atoms with van der Waals surface area (Å²) in [7, 11) is 0. The van der Waals surface area contributed by atoms with E-state index >= 15 is 0 Å². The zero-order valence-electron chi connectivity index (χ0n) is 11.0. The number of imidazole rings is 1. The maximum absolute atomic E-state index is 11.3. The fourth-order valence-corrected chi connectivity index (χ4v) is 2.82. The van der Waals surface area contributed by atoms with E-state index in [1.807, 2.05) is 18.2 Å². The van der Waals surface area contributed by atoms with Gasteiger partial charge < -0.3 is 9.67 Å². The Morgan fingerprint density at radius 1 is 1.45 bits per heavy atom. The number of carboxylic acid groups (broad SMARTS) is 1. The Hall–Kier alpha value is -1.46. The lowest BCUT2D eigenvalue weighted by atomic mass is 10.2. The molecule has 0 unspecified atom stereocenters. The van der Waals surface area contributed by atoms with Crippen molar-refractivity contribution in [3.63, 3.8) is 0 Å². The third kappa shape index (κ3) is 3.35. The van der Waals surface area contributed by atoms with Crippen molar-refractivity contribution in [1.82, 2.24) is 9.55 Å². The molecule has 0 aliphatic heterocycles. The number of carboxylic acids is 1. The van der Waals surface area contributed by atoms with Gasteiger partial charge >= 0.3 is 5.97 Å². The average Bonchev–Trinajstić information content (AvgIpc) is 2.82.